The van der Waals surface area contributed by atoms with E-state index in [1.807, 2.05) is 24.1 Å². The van der Waals surface area contributed by atoms with Gasteiger partial charge in [-0.25, -0.2) is 0 Å². The highest BCUT2D eigenvalue weighted by Crippen LogP contribution is 2.21. The molecule has 0 saturated heterocycles. The highest BCUT2D eigenvalue weighted by atomic mass is 15.3. The van der Waals surface area contributed by atoms with Crippen LogP contribution in [0.1, 0.15) is 75.2 Å². The van der Waals surface area contributed by atoms with E-state index in [-0.39, 0.29) is 0 Å². The van der Waals surface area contributed by atoms with Crippen LogP contribution in [0.25, 0.3) is 0 Å². The second-order valence-corrected chi connectivity index (χ2v) is 7.95. The third kappa shape index (κ3) is 4.87. The molecule has 3 heterocycles. The molecule has 6 nitrogen and oxygen atoms in total. The Morgan fingerprint density at radius 2 is 1.67 bits per heavy atom. The summed E-state index contributed by atoms with van der Waals surface area (Å²) in [6.45, 7) is 10.8. The van der Waals surface area contributed by atoms with Gasteiger partial charge < -0.3 is 0 Å². The minimum Gasteiger partial charge on any atom is -0.272 e. The smallest absolute Gasteiger partial charge is 0.0653 e. The summed E-state index contributed by atoms with van der Waals surface area (Å²) in [6, 6.07) is 4.25. The summed E-state index contributed by atoms with van der Waals surface area (Å²) in [5, 5.41) is 13.5. The van der Waals surface area contributed by atoms with Crippen molar-refractivity contribution in [3.63, 3.8) is 0 Å². The van der Waals surface area contributed by atoms with Gasteiger partial charge in [0.25, 0.3) is 0 Å². The Bertz CT molecular complexity index is 840. The van der Waals surface area contributed by atoms with Gasteiger partial charge in [-0.05, 0) is 42.4 Å². The maximum Gasteiger partial charge on any atom is 0.0653 e. The summed E-state index contributed by atoms with van der Waals surface area (Å²) in [4.78, 5) is 0. The van der Waals surface area contributed by atoms with Crippen molar-refractivity contribution in [3.05, 3.63) is 53.9 Å². The molecule has 0 aliphatic carbocycles. The summed E-state index contributed by atoms with van der Waals surface area (Å²) in [5.74, 6) is 1.42. The van der Waals surface area contributed by atoms with Crippen LogP contribution in [0.2, 0.25) is 0 Å². The molecule has 0 spiro atoms. The first-order valence-electron chi connectivity index (χ1n) is 9.97. The molecule has 6 heteroatoms. The minimum atomic E-state index is 0.424. The molecule has 0 radical (unpaired) electrons. The minimum absolute atomic E-state index is 0.424. The Labute approximate surface area is 162 Å². The Hall–Kier alpha value is -2.37. The van der Waals surface area contributed by atoms with Crippen LogP contribution in [0.5, 0.6) is 0 Å². The number of hydrogen-bond acceptors (Lipinski definition) is 3. The van der Waals surface area contributed by atoms with E-state index in [4.69, 9.17) is 5.10 Å². The predicted molar refractivity (Wildman–Crippen MR) is 108 cm³/mol. The lowest BCUT2D eigenvalue weighted by molar-refractivity contribution is 0.493. The zero-order chi connectivity index (χ0) is 19.4. The van der Waals surface area contributed by atoms with Crippen molar-refractivity contribution < 1.29 is 0 Å². The van der Waals surface area contributed by atoms with Crippen LogP contribution in [-0.4, -0.2) is 29.3 Å². The van der Waals surface area contributed by atoms with Gasteiger partial charge in [-0.15, -0.1) is 0 Å². The molecule has 0 N–H and O–H groups in total. The number of aromatic nitrogens is 6. The molecular formula is C21H32N6. The van der Waals surface area contributed by atoms with Crippen molar-refractivity contribution in [1.82, 2.24) is 29.3 Å². The van der Waals surface area contributed by atoms with Gasteiger partial charge in [0.15, 0.2) is 0 Å². The van der Waals surface area contributed by atoms with E-state index in [2.05, 4.69) is 71.8 Å². The number of nitrogens with zero attached hydrogens (tertiary/aromatic N) is 6. The number of aryl methyl sites for hydroxylation is 3. The molecule has 2 unspecified atom stereocenters. The largest absolute Gasteiger partial charge is 0.272 e. The molecular weight excluding hydrogens is 336 g/mol. The highest BCUT2D eigenvalue weighted by molar-refractivity contribution is 5.09. The third-order valence-electron chi connectivity index (χ3n) is 5.43. The summed E-state index contributed by atoms with van der Waals surface area (Å²) < 4.78 is 6.09. The fraction of sp³-hybridized carbons (Fsp3) is 0.571. The van der Waals surface area contributed by atoms with Gasteiger partial charge in [-0.1, -0.05) is 27.7 Å². The van der Waals surface area contributed by atoms with Crippen LogP contribution in [0.15, 0.2) is 36.9 Å². The van der Waals surface area contributed by atoms with Crippen molar-refractivity contribution >= 4 is 0 Å². The van der Waals surface area contributed by atoms with Crippen molar-refractivity contribution in [3.8, 4) is 0 Å². The van der Waals surface area contributed by atoms with Gasteiger partial charge in [0, 0.05) is 50.3 Å². The van der Waals surface area contributed by atoms with Crippen LogP contribution in [0.3, 0.4) is 0 Å². The molecule has 0 bridgehead atoms. The standard InChI is InChI=1S/C21H32N6/c1-16(2)19-14-23-27(15-19)12-7-17(3)20-9-13-26(24-20)11-8-18(4)21-6-10-22-25(21)5/h6,9-10,13-18H,7-8,11-12H2,1-5H3. The molecule has 0 saturated carbocycles. The topological polar surface area (TPSA) is 53.5 Å². The second-order valence-electron chi connectivity index (χ2n) is 7.95. The highest BCUT2D eigenvalue weighted by Gasteiger charge is 2.13. The van der Waals surface area contributed by atoms with Gasteiger partial charge in [0.05, 0.1) is 11.9 Å². The Kier molecular flexibility index (Phi) is 6.14. The Morgan fingerprint density at radius 3 is 2.33 bits per heavy atom. The lowest BCUT2D eigenvalue weighted by Gasteiger charge is -2.12. The molecule has 2 atom stereocenters. The van der Waals surface area contributed by atoms with Crippen LogP contribution >= 0.6 is 0 Å². The molecule has 3 rings (SSSR count). The average Bonchev–Trinajstić information content (AvgIpc) is 3.38. The second kappa shape index (κ2) is 8.55. The molecule has 0 aromatic carbocycles. The molecule has 0 fully saturated rings. The van der Waals surface area contributed by atoms with E-state index in [1.165, 1.54) is 17.0 Å². The van der Waals surface area contributed by atoms with E-state index in [0.717, 1.165) is 25.9 Å². The monoisotopic (exact) mass is 368 g/mol. The first-order valence-corrected chi connectivity index (χ1v) is 9.97. The molecule has 0 aliphatic rings. The summed E-state index contributed by atoms with van der Waals surface area (Å²) in [7, 11) is 2.00. The summed E-state index contributed by atoms with van der Waals surface area (Å²) in [5.41, 5.74) is 3.74. The van der Waals surface area contributed by atoms with Crippen molar-refractivity contribution in [2.75, 3.05) is 0 Å². The van der Waals surface area contributed by atoms with Gasteiger partial charge >= 0.3 is 0 Å². The zero-order valence-electron chi connectivity index (χ0n) is 17.2. The van der Waals surface area contributed by atoms with Crippen LogP contribution in [-0.2, 0) is 20.1 Å². The van der Waals surface area contributed by atoms with Crippen LogP contribution in [0, 0.1) is 0 Å². The predicted octanol–water partition coefficient (Wildman–Crippen LogP) is 4.32. The molecule has 3 aromatic heterocycles. The number of rotatable bonds is 9. The molecule has 0 amide bonds. The fourth-order valence-corrected chi connectivity index (χ4v) is 3.38. The summed E-state index contributed by atoms with van der Waals surface area (Å²) in [6.07, 6.45) is 10.2. The quantitative estimate of drug-likeness (QED) is 0.565. The van der Waals surface area contributed by atoms with Crippen molar-refractivity contribution in [2.45, 2.75) is 71.4 Å². The lowest BCUT2D eigenvalue weighted by atomic mass is 10.0. The summed E-state index contributed by atoms with van der Waals surface area (Å²) >= 11 is 0. The Balaban J connectivity index is 1.49. The van der Waals surface area contributed by atoms with Crippen LogP contribution in [0.4, 0.5) is 0 Å². The van der Waals surface area contributed by atoms with E-state index in [0.29, 0.717) is 17.8 Å². The molecule has 27 heavy (non-hydrogen) atoms. The van der Waals surface area contributed by atoms with Gasteiger partial charge in [-0.3, -0.25) is 14.0 Å². The number of hydrogen-bond donors (Lipinski definition) is 0. The first kappa shape index (κ1) is 19.4. The van der Waals surface area contributed by atoms with Gasteiger partial charge in [0.1, 0.15) is 0 Å². The maximum absolute atomic E-state index is 4.80. The van der Waals surface area contributed by atoms with Gasteiger partial charge in [0.2, 0.25) is 0 Å². The average molecular weight is 369 g/mol. The van der Waals surface area contributed by atoms with Gasteiger partial charge in [-0.2, -0.15) is 15.3 Å². The Morgan fingerprint density at radius 1 is 0.926 bits per heavy atom. The molecule has 3 aromatic rings. The van der Waals surface area contributed by atoms with Crippen molar-refractivity contribution in [2.24, 2.45) is 7.05 Å². The van der Waals surface area contributed by atoms with E-state index in [9.17, 15) is 0 Å². The third-order valence-corrected chi connectivity index (χ3v) is 5.43. The van der Waals surface area contributed by atoms with E-state index < -0.39 is 0 Å². The SMILES string of the molecule is CC(C)c1cnn(CCC(C)c2ccn(CCC(C)c3ccnn3C)n2)c1. The first-order chi connectivity index (χ1) is 12.9. The molecule has 0 aliphatic heterocycles. The molecule has 146 valence electrons. The zero-order valence-corrected chi connectivity index (χ0v) is 17.2. The maximum atomic E-state index is 4.80. The normalized spacial score (nSPS) is 14.0. The van der Waals surface area contributed by atoms with E-state index in [1.54, 1.807) is 0 Å². The fourth-order valence-electron chi connectivity index (χ4n) is 3.38. The lowest BCUT2D eigenvalue weighted by Crippen LogP contribution is -2.08. The van der Waals surface area contributed by atoms with Crippen LogP contribution < -0.4 is 0 Å². The van der Waals surface area contributed by atoms with Crippen molar-refractivity contribution in [1.29, 1.82) is 0 Å². The van der Waals surface area contributed by atoms with E-state index >= 15 is 0 Å².